The molecule has 2 aliphatic rings. The van der Waals surface area contributed by atoms with Gasteiger partial charge in [-0.25, -0.2) is 9.59 Å². The minimum absolute atomic E-state index is 0.0465. The number of aromatic carboxylic acids is 1. The number of benzene rings is 2. The van der Waals surface area contributed by atoms with Crippen molar-refractivity contribution >= 4 is 44.9 Å². The van der Waals surface area contributed by atoms with Gasteiger partial charge in [0.15, 0.2) is 0 Å². The average molecular weight is 584 g/mol. The lowest BCUT2D eigenvalue weighted by atomic mass is 9.98. The molecule has 2 aliphatic carbocycles. The van der Waals surface area contributed by atoms with E-state index in [9.17, 15) is 24.6 Å². The molecule has 9 heteroatoms. The van der Waals surface area contributed by atoms with Crippen LogP contribution in [0.2, 0.25) is 0 Å². The lowest BCUT2D eigenvalue weighted by molar-refractivity contribution is -0.140. The molecule has 1 heterocycles. The Labute approximate surface area is 228 Å². The molecule has 0 radical (unpaired) electrons. The minimum atomic E-state index is -1.31. The van der Waals surface area contributed by atoms with Crippen LogP contribution >= 0.6 is 15.9 Å². The van der Waals surface area contributed by atoms with E-state index in [1.807, 2.05) is 18.2 Å². The van der Waals surface area contributed by atoms with Gasteiger partial charge in [0.1, 0.15) is 16.9 Å². The molecule has 0 atom stereocenters. The first-order chi connectivity index (χ1) is 18.3. The van der Waals surface area contributed by atoms with Crippen molar-refractivity contribution in [2.45, 2.75) is 63.5 Å². The number of rotatable bonds is 8. The Morgan fingerprint density at radius 1 is 1.03 bits per heavy atom. The molecule has 0 saturated heterocycles. The monoisotopic (exact) mass is 583 g/mol. The predicted molar refractivity (Wildman–Crippen MR) is 144 cm³/mol. The summed E-state index contributed by atoms with van der Waals surface area (Å²) in [6.07, 6.45) is 5.38. The Balaban J connectivity index is 1.48. The first kappa shape index (κ1) is 26.3. The van der Waals surface area contributed by atoms with Gasteiger partial charge in [-0.3, -0.25) is 4.79 Å². The van der Waals surface area contributed by atoms with Crippen LogP contribution in [0.3, 0.4) is 0 Å². The van der Waals surface area contributed by atoms with E-state index < -0.39 is 17.7 Å². The molecular weight excluding hydrogens is 554 g/mol. The van der Waals surface area contributed by atoms with E-state index in [0.717, 1.165) is 49.5 Å². The molecular formula is C29H30BrNO7. The molecule has 5 rings (SSSR count). The summed E-state index contributed by atoms with van der Waals surface area (Å²) in [6.45, 7) is 0.547. The van der Waals surface area contributed by atoms with Crippen LogP contribution in [0.4, 0.5) is 4.79 Å². The number of furan rings is 1. The third kappa shape index (κ3) is 5.29. The Hall–Kier alpha value is -3.33. The molecule has 3 aromatic rings. The van der Waals surface area contributed by atoms with Gasteiger partial charge in [0.25, 0.3) is 0 Å². The smallest absolute Gasteiger partial charge is 0.478 e. The molecule has 0 spiro atoms. The van der Waals surface area contributed by atoms with Crippen LogP contribution in [0.1, 0.15) is 67.3 Å². The third-order valence-corrected chi connectivity index (χ3v) is 8.57. The van der Waals surface area contributed by atoms with Gasteiger partial charge in [0, 0.05) is 23.4 Å². The molecule has 1 amide bonds. The second-order valence-corrected chi connectivity index (χ2v) is 11.2. The second-order valence-electron chi connectivity index (χ2n) is 10.4. The molecule has 2 aromatic carbocycles. The lowest BCUT2D eigenvalue weighted by Crippen LogP contribution is -2.47. The summed E-state index contributed by atoms with van der Waals surface area (Å²) in [5.41, 5.74) is 1.18. The average Bonchev–Trinajstić information content (AvgIpc) is 3.65. The molecule has 200 valence electrons. The Morgan fingerprint density at radius 2 is 1.74 bits per heavy atom. The largest absolute Gasteiger partial charge is 0.506 e. The summed E-state index contributed by atoms with van der Waals surface area (Å²) in [4.78, 5) is 38.7. The lowest BCUT2D eigenvalue weighted by Gasteiger charge is -2.35. The number of amides is 1. The fraction of sp³-hybridized carbons (Fsp3) is 0.414. The SMILES string of the molecule is O=C(O)OC1(CN(Cc2ccc3oc(-c4ccccc4C(=O)O)c(Br)c3c2)C(=O)C2CCCC2)CCCC1. The van der Waals surface area contributed by atoms with Crippen molar-refractivity contribution in [1.82, 2.24) is 4.90 Å². The number of carbonyl (C=O) groups excluding carboxylic acids is 1. The summed E-state index contributed by atoms with van der Waals surface area (Å²) in [7, 11) is 0. The zero-order valence-electron chi connectivity index (χ0n) is 21.0. The third-order valence-electron chi connectivity index (χ3n) is 7.78. The molecule has 2 saturated carbocycles. The number of carboxylic acids is 1. The first-order valence-electron chi connectivity index (χ1n) is 13.0. The van der Waals surface area contributed by atoms with Gasteiger partial charge < -0.3 is 24.3 Å². The van der Waals surface area contributed by atoms with Crippen molar-refractivity contribution in [3.05, 3.63) is 58.1 Å². The number of hydrogen-bond acceptors (Lipinski definition) is 5. The fourth-order valence-corrected chi connectivity index (χ4v) is 6.57. The number of carbonyl (C=O) groups is 3. The second kappa shape index (κ2) is 10.8. The highest BCUT2D eigenvalue weighted by Gasteiger charge is 2.42. The first-order valence-corrected chi connectivity index (χ1v) is 13.8. The Morgan fingerprint density at radius 3 is 2.42 bits per heavy atom. The van der Waals surface area contributed by atoms with Gasteiger partial charge >= 0.3 is 12.1 Å². The van der Waals surface area contributed by atoms with E-state index in [-0.39, 0.29) is 23.9 Å². The summed E-state index contributed by atoms with van der Waals surface area (Å²) in [5.74, 6) is -0.625. The Kier molecular flexibility index (Phi) is 7.47. The van der Waals surface area contributed by atoms with Gasteiger partial charge in [-0.1, -0.05) is 37.1 Å². The predicted octanol–water partition coefficient (Wildman–Crippen LogP) is 7.09. The summed E-state index contributed by atoms with van der Waals surface area (Å²) in [5, 5.41) is 19.8. The molecule has 38 heavy (non-hydrogen) atoms. The number of halogens is 1. The molecule has 8 nitrogen and oxygen atoms in total. The van der Waals surface area contributed by atoms with E-state index in [1.165, 1.54) is 6.07 Å². The minimum Gasteiger partial charge on any atom is -0.478 e. The van der Waals surface area contributed by atoms with Crippen molar-refractivity contribution in [2.75, 3.05) is 6.54 Å². The quantitative estimate of drug-likeness (QED) is 0.272. The van der Waals surface area contributed by atoms with Crippen LogP contribution in [-0.4, -0.2) is 45.3 Å². The van der Waals surface area contributed by atoms with E-state index in [2.05, 4.69) is 15.9 Å². The fourth-order valence-electron chi connectivity index (χ4n) is 5.96. The number of carboxylic acid groups (broad SMARTS) is 2. The van der Waals surface area contributed by atoms with Crippen LogP contribution in [0.25, 0.3) is 22.3 Å². The maximum absolute atomic E-state index is 13.6. The van der Waals surface area contributed by atoms with Crippen molar-refractivity contribution in [2.24, 2.45) is 5.92 Å². The van der Waals surface area contributed by atoms with Crippen LogP contribution in [-0.2, 0) is 16.1 Å². The molecule has 0 unspecified atom stereocenters. The van der Waals surface area contributed by atoms with Gasteiger partial charge in [-0.05, 0) is 78.2 Å². The maximum Gasteiger partial charge on any atom is 0.506 e. The molecule has 0 bridgehead atoms. The van der Waals surface area contributed by atoms with Gasteiger partial charge in [-0.15, -0.1) is 0 Å². The number of fused-ring (bicyclic) bond motifs is 1. The van der Waals surface area contributed by atoms with Crippen LogP contribution in [0, 0.1) is 5.92 Å². The van der Waals surface area contributed by atoms with E-state index in [1.54, 1.807) is 23.1 Å². The highest BCUT2D eigenvalue weighted by atomic mass is 79.9. The van der Waals surface area contributed by atoms with Crippen LogP contribution < -0.4 is 0 Å². The number of ether oxygens (including phenoxy) is 1. The maximum atomic E-state index is 13.6. The van der Waals surface area contributed by atoms with Crippen molar-refractivity contribution in [3.63, 3.8) is 0 Å². The molecule has 2 fully saturated rings. The van der Waals surface area contributed by atoms with Crippen molar-refractivity contribution < 1.29 is 33.8 Å². The van der Waals surface area contributed by atoms with Gasteiger partial charge in [0.2, 0.25) is 5.91 Å². The Bertz CT molecular complexity index is 1370. The summed E-state index contributed by atoms with van der Waals surface area (Å²) < 4.78 is 12.1. The summed E-state index contributed by atoms with van der Waals surface area (Å²) >= 11 is 3.61. The molecule has 1 aromatic heterocycles. The number of hydrogen-bond donors (Lipinski definition) is 2. The standard InChI is InChI=1S/C29H30BrNO7/c30-24-22-15-18(11-12-23(22)37-25(24)20-9-3-4-10-21(20)27(33)34)16-31(26(32)19-7-1-2-8-19)17-29(38-28(35)36)13-5-6-14-29/h3-4,9-12,15,19H,1-2,5-8,13-14,16-17H2,(H,33,34)(H,35,36). The van der Waals surface area contributed by atoms with E-state index in [0.29, 0.717) is 40.8 Å². The van der Waals surface area contributed by atoms with Crippen molar-refractivity contribution in [3.8, 4) is 11.3 Å². The zero-order valence-corrected chi connectivity index (χ0v) is 22.5. The van der Waals surface area contributed by atoms with E-state index in [4.69, 9.17) is 9.15 Å². The highest BCUT2D eigenvalue weighted by molar-refractivity contribution is 9.10. The van der Waals surface area contributed by atoms with Gasteiger partial charge in [-0.2, -0.15) is 0 Å². The normalized spacial score (nSPS) is 17.1. The highest BCUT2D eigenvalue weighted by Crippen LogP contribution is 2.40. The van der Waals surface area contributed by atoms with E-state index >= 15 is 0 Å². The van der Waals surface area contributed by atoms with Crippen LogP contribution in [0.5, 0.6) is 0 Å². The molecule has 0 aliphatic heterocycles. The van der Waals surface area contributed by atoms with Crippen LogP contribution in [0.15, 0.2) is 51.4 Å². The topological polar surface area (TPSA) is 117 Å². The number of nitrogens with zero attached hydrogens (tertiary/aromatic N) is 1. The molecule has 2 N–H and O–H groups in total. The van der Waals surface area contributed by atoms with Gasteiger partial charge in [0.05, 0.1) is 16.6 Å². The van der Waals surface area contributed by atoms with Crippen molar-refractivity contribution in [1.29, 1.82) is 0 Å². The zero-order chi connectivity index (χ0) is 26.9. The summed E-state index contributed by atoms with van der Waals surface area (Å²) in [6, 6.07) is 12.3.